The molecule has 0 bridgehead atoms. The molecule has 106 valence electrons. The molecule has 0 atom stereocenters. The van der Waals surface area contributed by atoms with Crippen LogP contribution in [-0.2, 0) is 6.54 Å². The minimum atomic E-state index is -0.0320. The number of amides is 1. The molecule has 1 aromatic carbocycles. The van der Waals surface area contributed by atoms with Gasteiger partial charge in [0.15, 0.2) is 0 Å². The smallest absolute Gasteiger partial charge is 0.251 e. The first-order chi connectivity index (χ1) is 9.27. The van der Waals surface area contributed by atoms with Crippen molar-refractivity contribution in [3.63, 3.8) is 0 Å². The summed E-state index contributed by atoms with van der Waals surface area (Å²) in [5.41, 5.74) is 1.94. The van der Waals surface area contributed by atoms with Crippen molar-refractivity contribution >= 4 is 5.91 Å². The van der Waals surface area contributed by atoms with Crippen molar-refractivity contribution in [1.29, 1.82) is 0 Å². The van der Waals surface area contributed by atoms with Gasteiger partial charge in [0.2, 0.25) is 0 Å². The van der Waals surface area contributed by atoms with E-state index in [9.17, 15) is 4.79 Å². The molecule has 1 rings (SSSR count). The van der Waals surface area contributed by atoms with E-state index in [1.807, 2.05) is 24.3 Å². The number of rotatable bonds is 9. The van der Waals surface area contributed by atoms with Gasteiger partial charge in [-0.3, -0.25) is 4.79 Å². The second-order valence-electron chi connectivity index (χ2n) is 4.87. The van der Waals surface area contributed by atoms with Gasteiger partial charge in [0.1, 0.15) is 0 Å². The highest BCUT2D eigenvalue weighted by atomic mass is 16.1. The van der Waals surface area contributed by atoms with E-state index in [-0.39, 0.29) is 5.91 Å². The molecule has 3 nitrogen and oxygen atoms in total. The highest BCUT2D eigenvalue weighted by molar-refractivity contribution is 5.93. The topological polar surface area (TPSA) is 41.1 Å². The predicted octanol–water partition coefficient (Wildman–Crippen LogP) is 3.11. The molecule has 0 unspecified atom stereocenters. The zero-order valence-electron chi connectivity index (χ0n) is 12.2. The highest BCUT2D eigenvalue weighted by Crippen LogP contribution is 2.05. The molecule has 3 heteroatoms. The first-order valence-corrected chi connectivity index (χ1v) is 7.29. The Balaban J connectivity index is 2.18. The maximum Gasteiger partial charge on any atom is 0.251 e. The molecule has 0 aliphatic heterocycles. The quantitative estimate of drug-likeness (QED) is 0.671. The Hall–Kier alpha value is -1.35. The van der Waals surface area contributed by atoms with Crippen LogP contribution < -0.4 is 10.6 Å². The molecule has 19 heavy (non-hydrogen) atoms. The van der Waals surface area contributed by atoms with Crippen LogP contribution >= 0.6 is 0 Å². The van der Waals surface area contributed by atoms with Crippen LogP contribution in [0, 0.1) is 0 Å². The summed E-state index contributed by atoms with van der Waals surface area (Å²) in [5, 5.41) is 6.06. The number of hydrogen-bond donors (Lipinski definition) is 2. The fraction of sp³-hybridized carbons (Fsp3) is 0.562. The fourth-order valence-electron chi connectivity index (χ4n) is 2.00. The number of carbonyl (C=O) groups is 1. The summed E-state index contributed by atoms with van der Waals surface area (Å²) in [5.74, 6) is -0.0320. The van der Waals surface area contributed by atoms with E-state index in [0.717, 1.165) is 13.1 Å². The van der Waals surface area contributed by atoms with Crippen LogP contribution in [0.3, 0.4) is 0 Å². The van der Waals surface area contributed by atoms with E-state index >= 15 is 0 Å². The Labute approximate surface area is 116 Å². The van der Waals surface area contributed by atoms with Gasteiger partial charge < -0.3 is 10.6 Å². The number of benzene rings is 1. The second-order valence-corrected chi connectivity index (χ2v) is 4.87. The molecule has 0 saturated carbocycles. The summed E-state index contributed by atoms with van der Waals surface area (Å²) in [4.78, 5) is 11.4. The normalized spacial score (nSPS) is 10.4. The molecule has 2 N–H and O–H groups in total. The van der Waals surface area contributed by atoms with E-state index in [0.29, 0.717) is 5.56 Å². The summed E-state index contributed by atoms with van der Waals surface area (Å²) >= 11 is 0. The molecule has 0 spiro atoms. The van der Waals surface area contributed by atoms with Gasteiger partial charge in [-0.15, -0.1) is 0 Å². The van der Waals surface area contributed by atoms with E-state index in [1.165, 1.54) is 37.7 Å². The van der Waals surface area contributed by atoms with Crippen molar-refractivity contribution in [2.24, 2.45) is 0 Å². The van der Waals surface area contributed by atoms with Gasteiger partial charge in [-0.05, 0) is 30.7 Å². The molecule has 1 aromatic rings. The van der Waals surface area contributed by atoms with Crippen LogP contribution in [0.5, 0.6) is 0 Å². The van der Waals surface area contributed by atoms with Gasteiger partial charge in [-0.25, -0.2) is 0 Å². The summed E-state index contributed by atoms with van der Waals surface area (Å²) in [6.45, 7) is 4.18. The Morgan fingerprint density at radius 1 is 1.05 bits per heavy atom. The van der Waals surface area contributed by atoms with Gasteiger partial charge in [0.05, 0.1) is 0 Å². The van der Waals surface area contributed by atoms with Crippen LogP contribution in [0.1, 0.15) is 54.9 Å². The molecule has 0 heterocycles. The van der Waals surface area contributed by atoms with Crippen molar-refractivity contribution in [3.8, 4) is 0 Å². The summed E-state index contributed by atoms with van der Waals surface area (Å²) < 4.78 is 0. The standard InChI is InChI=1S/C16H26N2O/c1-3-4-5-6-7-12-18-13-14-8-10-15(11-9-14)16(19)17-2/h8-11,18H,3-7,12-13H2,1-2H3,(H,17,19). The van der Waals surface area contributed by atoms with Crippen molar-refractivity contribution in [2.45, 2.75) is 45.6 Å². The lowest BCUT2D eigenvalue weighted by molar-refractivity contribution is 0.0963. The molecule has 0 aromatic heterocycles. The van der Waals surface area contributed by atoms with Gasteiger partial charge in [0.25, 0.3) is 5.91 Å². The average molecular weight is 262 g/mol. The fourth-order valence-corrected chi connectivity index (χ4v) is 2.00. The largest absolute Gasteiger partial charge is 0.355 e. The lowest BCUT2D eigenvalue weighted by Crippen LogP contribution is -2.18. The molecule has 0 radical (unpaired) electrons. The first kappa shape index (κ1) is 15.7. The zero-order valence-corrected chi connectivity index (χ0v) is 12.2. The van der Waals surface area contributed by atoms with E-state index in [2.05, 4.69) is 17.6 Å². The minimum absolute atomic E-state index is 0.0320. The van der Waals surface area contributed by atoms with Crippen LogP contribution in [0.25, 0.3) is 0 Å². The van der Waals surface area contributed by atoms with Crippen LogP contribution in [0.2, 0.25) is 0 Å². The number of hydrogen-bond acceptors (Lipinski definition) is 2. The zero-order chi connectivity index (χ0) is 13.9. The summed E-state index contributed by atoms with van der Waals surface area (Å²) in [6.07, 6.45) is 6.55. The predicted molar refractivity (Wildman–Crippen MR) is 80.3 cm³/mol. The average Bonchev–Trinajstić information content (AvgIpc) is 2.46. The Morgan fingerprint density at radius 3 is 2.37 bits per heavy atom. The van der Waals surface area contributed by atoms with Gasteiger partial charge in [-0.1, -0.05) is 44.7 Å². The molecule has 0 aliphatic carbocycles. The Kier molecular flexibility index (Phi) is 7.91. The van der Waals surface area contributed by atoms with Gasteiger partial charge in [-0.2, -0.15) is 0 Å². The second kappa shape index (κ2) is 9.56. The van der Waals surface area contributed by atoms with Crippen molar-refractivity contribution in [2.75, 3.05) is 13.6 Å². The summed E-state index contributed by atoms with van der Waals surface area (Å²) in [7, 11) is 1.65. The third-order valence-electron chi connectivity index (χ3n) is 3.23. The SMILES string of the molecule is CCCCCCCNCc1ccc(C(=O)NC)cc1. The monoisotopic (exact) mass is 262 g/mol. The first-order valence-electron chi connectivity index (χ1n) is 7.29. The number of unbranched alkanes of at least 4 members (excludes halogenated alkanes) is 4. The maximum atomic E-state index is 11.4. The van der Waals surface area contributed by atoms with Crippen molar-refractivity contribution in [3.05, 3.63) is 35.4 Å². The number of nitrogens with one attached hydrogen (secondary N) is 2. The van der Waals surface area contributed by atoms with Gasteiger partial charge in [0, 0.05) is 19.2 Å². The molecular formula is C16H26N2O. The molecular weight excluding hydrogens is 236 g/mol. The van der Waals surface area contributed by atoms with E-state index in [1.54, 1.807) is 7.05 Å². The number of carbonyl (C=O) groups excluding carboxylic acids is 1. The summed E-state index contributed by atoms with van der Waals surface area (Å²) in [6, 6.07) is 7.76. The van der Waals surface area contributed by atoms with Crippen LogP contribution in [0.15, 0.2) is 24.3 Å². The Bertz CT molecular complexity index is 360. The van der Waals surface area contributed by atoms with E-state index in [4.69, 9.17) is 0 Å². The molecule has 0 saturated heterocycles. The van der Waals surface area contributed by atoms with E-state index < -0.39 is 0 Å². The van der Waals surface area contributed by atoms with Gasteiger partial charge >= 0.3 is 0 Å². The third-order valence-corrected chi connectivity index (χ3v) is 3.23. The lowest BCUT2D eigenvalue weighted by atomic mass is 10.1. The third kappa shape index (κ3) is 6.39. The van der Waals surface area contributed by atoms with Crippen molar-refractivity contribution < 1.29 is 4.79 Å². The molecule has 0 fully saturated rings. The van der Waals surface area contributed by atoms with Crippen molar-refractivity contribution in [1.82, 2.24) is 10.6 Å². The molecule has 1 amide bonds. The maximum absolute atomic E-state index is 11.4. The minimum Gasteiger partial charge on any atom is -0.355 e. The van der Waals surface area contributed by atoms with Crippen LogP contribution in [-0.4, -0.2) is 19.5 Å². The lowest BCUT2D eigenvalue weighted by Gasteiger charge is -2.06. The van der Waals surface area contributed by atoms with Crippen LogP contribution in [0.4, 0.5) is 0 Å². The highest BCUT2D eigenvalue weighted by Gasteiger charge is 2.01. The Morgan fingerprint density at radius 2 is 1.74 bits per heavy atom. The molecule has 0 aliphatic rings.